The molecule has 168 valence electrons. The zero-order valence-electron chi connectivity index (χ0n) is 19.4. The highest BCUT2D eigenvalue weighted by Gasteiger charge is 2.30. The topological polar surface area (TPSA) is 69.0 Å². The third-order valence-electron chi connectivity index (χ3n) is 6.55. The highest BCUT2D eigenvalue weighted by Crippen LogP contribution is 2.15. The van der Waals surface area contributed by atoms with Gasteiger partial charge in [0.25, 0.3) is 0 Å². The minimum atomic E-state index is -0.0266. The van der Waals surface area contributed by atoms with Crippen molar-refractivity contribution in [3.63, 3.8) is 0 Å². The fourth-order valence-electron chi connectivity index (χ4n) is 4.56. The van der Waals surface area contributed by atoms with E-state index in [0.29, 0.717) is 5.91 Å². The van der Waals surface area contributed by atoms with Crippen LogP contribution in [0.25, 0.3) is 0 Å². The third kappa shape index (κ3) is 5.14. The summed E-state index contributed by atoms with van der Waals surface area (Å²) in [6.07, 6.45) is 3.20. The maximum atomic E-state index is 12.7. The van der Waals surface area contributed by atoms with Crippen LogP contribution in [0, 0.1) is 13.8 Å². The molecule has 0 aliphatic carbocycles. The number of nitrogens with one attached hydrogen (secondary N) is 1. The first-order chi connectivity index (χ1) is 14.4. The zero-order valence-corrected chi connectivity index (χ0v) is 19.4. The molecule has 3 heterocycles. The van der Waals surface area contributed by atoms with Crippen LogP contribution >= 0.6 is 0 Å². The average Bonchev–Trinajstić information content (AvgIpc) is 3.36. The lowest BCUT2D eigenvalue weighted by molar-refractivity contribution is -0.135. The van der Waals surface area contributed by atoms with Gasteiger partial charge in [-0.15, -0.1) is 0 Å². The fraction of sp³-hybridized carbons (Fsp3) is 0.773. The molecule has 1 aromatic heterocycles. The van der Waals surface area contributed by atoms with Gasteiger partial charge in [-0.3, -0.25) is 19.4 Å². The van der Waals surface area contributed by atoms with E-state index in [1.54, 1.807) is 0 Å². The molecule has 8 nitrogen and oxygen atoms in total. The maximum absolute atomic E-state index is 12.7. The number of carbonyl (C=O) groups excluding carboxylic acids is 1. The predicted octanol–water partition coefficient (Wildman–Crippen LogP) is 1.17. The second-order valence-electron chi connectivity index (χ2n) is 8.49. The number of nitrogens with zero attached hydrogens (tertiary/aromatic N) is 6. The van der Waals surface area contributed by atoms with Gasteiger partial charge in [0.2, 0.25) is 5.91 Å². The molecule has 1 N–H and O–H groups in total. The summed E-state index contributed by atoms with van der Waals surface area (Å²) in [4.78, 5) is 24.3. The van der Waals surface area contributed by atoms with Crippen molar-refractivity contribution in [2.24, 2.45) is 12.0 Å². The smallest absolute Gasteiger partial charge is 0.239 e. The number of rotatable bonds is 6. The monoisotopic (exact) mass is 417 g/mol. The number of hydrogen-bond acceptors (Lipinski definition) is 4. The van der Waals surface area contributed by atoms with Crippen molar-refractivity contribution < 1.29 is 4.79 Å². The van der Waals surface area contributed by atoms with Crippen molar-refractivity contribution in [2.45, 2.75) is 53.0 Å². The summed E-state index contributed by atoms with van der Waals surface area (Å²) < 4.78 is 1.95. The molecule has 0 bridgehead atoms. The number of carbonyl (C=O) groups is 1. The Hall–Kier alpha value is -2.09. The first-order valence-electron chi connectivity index (χ1n) is 11.5. The molecular formula is C22H39N7O. The molecule has 0 radical (unpaired) electrons. The van der Waals surface area contributed by atoms with Gasteiger partial charge in [0, 0.05) is 65.1 Å². The lowest BCUT2D eigenvalue weighted by Crippen LogP contribution is -2.57. The van der Waals surface area contributed by atoms with Crippen molar-refractivity contribution in [2.75, 3.05) is 52.4 Å². The Morgan fingerprint density at radius 3 is 2.33 bits per heavy atom. The molecule has 0 spiro atoms. The first kappa shape index (κ1) is 22.6. The van der Waals surface area contributed by atoms with Crippen LogP contribution in [0.5, 0.6) is 0 Å². The van der Waals surface area contributed by atoms with Gasteiger partial charge in [-0.25, -0.2) is 0 Å². The summed E-state index contributed by atoms with van der Waals surface area (Å²) in [5.41, 5.74) is 3.62. The van der Waals surface area contributed by atoms with Crippen molar-refractivity contribution in [3.05, 3.63) is 17.0 Å². The molecule has 1 atom stereocenters. The molecular weight excluding hydrogens is 378 g/mol. The highest BCUT2D eigenvalue weighted by atomic mass is 16.2. The summed E-state index contributed by atoms with van der Waals surface area (Å²) >= 11 is 0. The van der Waals surface area contributed by atoms with Crippen LogP contribution in [0.2, 0.25) is 0 Å². The standard InChI is InChI=1S/C22H39N7O/c1-6-23-22(24-10-9-20-17(2)25-26(5)18(20)3)29-15-13-27(14-16-29)19(4)21(30)28-11-7-8-12-28/h19H,6-16H2,1-5H3,(H,23,24). The minimum absolute atomic E-state index is 0.0266. The summed E-state index contributed by atoms with van der Waals surface area (Å²) in [5, 5.41) is 7.95. The second-order valence-corrected chi connectivity index (χ2v) is 8.49. The molecule has 0 saturated carbocycles. The normalized spacial score (nSPS) is 19.4. The molecule has 2 fully saturated rings. The summed E-state index contributed by atoms with van der Waals surface area (Å²) in [5.74, 6) is 1.28. The van der Waals surface area contributed by atoms with Gasteiger partial charge < -0.3 is 15.1 Å². The average molecular weight is 418 g/mol. The van der Waals surface area contributed by atoms with Crippen LogP contribution in [0.4, 0.5) is 0 Å². The molecule has 1 amide bonds. The van der Waals surface area contributed by atoms with E-state index in [1.807, 2.05) is 16.6 Å². The Bertz CT molecular complexity index is 743. The minimum Gasteiger partial charge on any atom is -0.357 e. The van der Waals surface area contributed by atoms with E-state index >= 15 is 0 Å². The van der Waals surface area contributed by atoms with Crippen LogP contribution in [0.15, 0.2) is 4.99 Å². The Morgan fingerprint density at radius 2 is 1.77 bits per heavy atom. The van der Waals surface area contributed by atoms with E-state index in [2.05, 4.69) is 47.9 Å². The number of amides is 1. The largest absolute Gasteiger partial charge is 0.357 e. The Labute approximate surface area is 181 Å². The van der Waals surface area contributed by atoms with E-state index in [4.69, 9.17) is 4.99 Å². The number of likely N-dealkylation sites (tertiary alicyclic amines) is 1. The summed E-state index contributed by atoms with van der Waals surface area (Å²) in [6, 6.07) is -0.0266. The predicted molar refractivity (Wildman–Crippen MR) is 121 cm³/mol. The van der Waals surface area contributed by atoms with Gasteiger partial charge >= 0.3 is 0 Å². The number of piperazine rings is 1. The quantitative estimate of drug-likeness (QED) is 0.556. The van der Waals surface area contributed by atoms with Gasteiger partial charge in [-0.1, -0.05) is 0 Å². The molecule has 8 heteroatoms. The second kappa shape index (κ2) is 10.3. The van der Waals surface area contributed by atoms with E-state index in [9.17, 15) is 4.79 Å². The van der Waals surface area contributed by atoms with Gasteiger partial charge in [0.1, 0.15) is 0 Å². The molecule has 0 aromatic carbocycles. The van der Waals surface area contributed by atoms with Crippen LogP contribution in [0.1, 0.15) is 43.6 Å². The number of aliphatic imine (C=N–C) groups is 1. The lowest BCUT2D eigenvalue weighted by Gasteiger charge is -2.39. The summed E-state index contributed by atoms with van der Waals surface area (Å²) in [7, 11) is 1.99. The molecule has 1 unspecified atom stereocenters. The Balaban J connectivity index is 1.54. The van der Waals surface area contributed by atoms with E-state index in [0.717, 1.165) is 83.3 Å². The van der Waals surface area contributed by atoms with Gasteiger partial charge in [-0.05, 0) is 52.5 Å². The molecule has 2 aliphatic heterocycles. The fourth-order valence-corrected chi connectivity index (χ4v) is 4.56. The maximum Gasteiger partial charge on any atom is 0.239 e. The van der Waals surface area contributed by atoms with Gasteiger partial charge in [-0.2, -0.15) is 5.10 Å². The number of aromatic nitrogens is 2. The number of aryl methyl sites for hydroxylation is 2. The Morgan fingerprint density at radius 1 is 1.10 bits per heavy atom. The molecule has 3 rings (SSSR count). The van der Waals surface area contributed by atoms with Crippen LogP contribution in [-0.2, 0) is 18.3 Å². The van der Waals surface area contributed by atoms with Crippen molar-refractivity contribution in [1.82, 2.24) is 29.8 Å². The first-order valence-corrected chi connectivity index (χ1v) is 11.5. The molecule has 1 aromatic rings. The summed E-state index contributed by atoms with van der Waals surface area (Å²) in [6.45, 7) is 15.4. The van der Waals surface area contributed by atoms with Gasteiger partial charge in [0.05, 0.1) is 11.7 Å². The zero-order chi connectivity index (χ0) is 21.7. The molecule has 2 aliphatic rings. The van der Waals surface area contributed by atoms with Crippen LogP contribution in [0.3, 0.4) is 0 Å². The SMILES string of the molecule is CCNC(=NCCc1c(C)nn(C)c1C)N1CCN(C(C)C(=O)N2CCCC2)CC1. The van der Waals surface area contributed by atoms with Gasteiger partial charge in [0.15, 0.2) is 5.96 Å². The number of guanidine groups is 1. The van der Waals surface area contributed by atoms with E-state index < -0.39 is 0 Å². The Kier molecular flexibility index (Phi) is 7.75. The molecule has 30 heavy (non-hydrogen) atoms. The number of hydrogen-bond donors (Lipinski definition) is 1. The third-order valence-corrected chi connectivity index (χ3v) is 6.55. The van der Waals surface area contributed by atoms with Crippen molar-refractivity contribution >= 4 is 11.9 Å². The van der Waals surface area contributed by atoms with Crippen LogP contribution in [-0.4, -0.2) is 94.7 Å². The van der Waals surface area contributed by atoms with Crippen LogP contribution < -0.4 is 5.32 Å². The van der Waals surface area contributed by atoms with E-state index in [-0.39, 0.29) is 6.04 Å². The molecule has 2 saturated heterocycles. The van der Waals surface area contributed by atoms with Crippen molar-refractivity contribution in [1.29, 1.82) is 0 Å². The highest BCUT2D eigenvalue weighted by molar-refractivity contribution is 5.82. The van der Waals surface area contributed by atoms with E-state index in [1.165, 1.54) is 11.3 Å². The lowest BCUT2D eigenvalue weighted by atomic mass is 10.1. The van der Waals surface area contributed by atoms with Crippen molar-refractivity contribution in [3.8, 4) is 0 Å².